The van der Waals surface area contributed by atoms with Gasteiger partial charge in [-0.05, 0) is 18.1 Å². The number of hydrogen-bond acceptors (Lipinski definition) is 1. The van der Waals surface area contributed by atoms with Crippen molar-refractivity contribution in [2.75, 3.05) is 0 Å². The van der Waals surface area contributed by atoms with Gasteiger partial charge in [0.15, 0.2) is 0 Å². The predicted molar refractivity (Wildman–Crippen MR) is 58.4 cm³/mol. The molecule has 0 amide bonds. The van der Waals surface area contributed by atoms with Crippen LogP contribution >= 0.6 is 0 Å². The molecule has 0 atom stereocenters. The summed E-state index contributed by atoms with van der Waals surface area (Å²) < 4.78 is 52.3. The fraction of sp³-hybridized carbons (Fsp3) is 0.500. The Bertz CT molecular complexity index is 334. The van der Waals surface area contributed by atoms with Gasteiger partial charge in [-0.2, -0.15) is 0 Å². The fourth-order valence-electron chi connectivity index (χ4n) is 1.22. The number of benzene rings is 1. The maximum absolute atomic E-state index is 12.7. The smallest absolute Gasteiger partial charge is 0.405 e. The standard InChI is InChI=1S/C10H10F4O.C2H6/c1-2-3-7-4-5-8(11)6-9(7)15-10(12,13)14;1-2/h4-6H,2-3H2,1H3;1-2H3. The molecule has 0 aromatic heterocycles. The van der Waals surface area contributed by atoms with Gasteiger partial charge in [0.1, 0.15) is 11.6 Å². The molecule has 1 aromatic carbocycles. The second-order valence-corrected chi connectivity index (χ2v) is 3.05. The molecule has 1 nitrogen and oxygen atoms in total. The molecule has 0 bridgehead atoms. The van der Waals surface area contributed by atoms with Crippen LogP contribution in [-0.2, 0) is 6.42 Å². The van der Waals surface area contributed by atoms with Crippen molar-refractivity contribution >= 4 is 0 Å². The SMILES string of the molecule is CC.CCCc1ccc(F)cc1OC(F)(F)F. The van der Waals surface area contributed by atoms with E-state index in [1.165, 1.54) is 6.07 Å². The molecule has 5 heteroatoms. The molecule has 0 saturated heterocycles. The second kappa shape index (κ2) is 7.14. The van der Waals surface area contributed by atoms with Gasteiger partial charge in [0, 0.05) is 6.07 Å². The van der Waals surface area contributed by atoms with Gasteiger partial charge in [0.25, 0.3) is 0 Å². The molecule has 0 fully saturated rings. The highest BCUT2D eigenvalue weighted by Gasteiger charge is 2.32. The van der Waals surface area contributed by atoms with Gasteiger partial charge >= 0.3 is 6.36 Å². The lowest BCUT2D eigenvalue weighted by molar-refractivity contribution is -0.275. The van der Waals surface area contributed by atoms with Gasteiger partial charge in [-0.3, -0.25) is 0 Å². The zero-order valence-corrected chi connectivity index (χ0v) is 10.1. The Hall–Kier alpha value is -1.26. The van der Waals surface area contributed by atoms with Crippen molar-refractivity contribution in [1.29, 1.82) is 0 Å². The summed E-state index contributed by atoms with van der Waals surface area (Å²) >= 11 is 0. The summed E-state index contributed by atoms with van der Waals surface area (Å²) in [5.41, 5.74) is 0.358. The molecular weight excluding hydrogens is 236 g/mol. The minimum Gasteiger partial charge on any atom is -0.405 e. The Morgan fingerprint density at radius 3 is 2.24 bits per heavy atom. The largest absolute Gasteiger partial charge is 0.573 e. The molecule has 0 unspecified atom stereocenters. The average Bonchev–Trinajstić information content (AvgIpc) is 2.23. The van der Waals surface area contributed by atoms with E-state index in [1.807, 2.05) is 20.8 Å². The van der Waals surface area contributed by atoms with Crippen LogP contribution in [0.1, 0.15) is 32.8 Å². The van der Waals surface area contributed by atoms with E-state index < -0.39 is 17.9 Å². The van der Waals surface area contributed by atoms with Crippen molar-refractivity contribution in [2.24, 2.45) is 0 Å². The van der Waals surface area contributed by atoms with Gasteiger partial charge in [-0.25, -0.2) is 4.39 Å². The van der Waals surface area contributed by atoms with Crippen molar-refractivity contribution in [3.05, 3.63) is 29.6 Å². The lowest BCUT2D eigenvalue weighted by Crippen LogP contribution is -2.18. The monoisotopic (exact) mass is 252 g/mol. The van der Waals surface area contributed by atoms with Crippen LogP contribution < -0.4 is 4.74 Å². The number of aryl methyl sites for hydroxylation is 1. The first-order valence-electron chi connectivity index (χ1n) is 5.46. The first-order valence-corrected chi connectivity index (χ1v) is 5.46. The van der Waals surface area contributed by atoms with Crippen molar-refractivity contribution < 1.29 is 22.3 Å². The summed E-state index contributed by atoms with van der Waals surface area (Å²) in [5.74, 6) is -1.20. The molecule has 0 spiro atoms. The number of hydrogen-bond donors (Lipinski definition) is 0. The van der Waals surface area contributed by atoms with Crippen molar-refractivity contribution in [2.45, 2.75) is 40.0 Å². The van der Waals surface area contributed by atoms with E-state index in [0.717, 1.165) is 12.1 Å². The molecule has 98 valence electrons. The molecule has 0 N–H and O–H groups in total. The summed E-state index contributed by atoms with van der Waals surface area (Å²) in [6.45, 7) is 5.82. The lowest BCUT2D eigenvalue weighted by atomic mass is 10.1. The Morgan fingerprint density at radius 2 is 1.76 bits per heavy atom. The van der Waals surface area contributed by atoms with Crippen molar-refractivity contribution in [3.8, 4) is 5.75 Å². The molecule has 1 rings (SSSR count). The van der Waals surface area contributed by atoms with E-state index in [-0.39, 0.29) is 0 Å². The number of halogens is 4. The number of alkyl halides is 3. The van der Waals surface area contributed by atoms with E-state index in [4.69, 9.17) is 0 Å². The van der Waals surface area contributed by atoms with Gasteiger partial charge in [-0.15, -0.1) is 13.2 Å². The third-order valence-corrected chi connectivity index (χ3v) is 1.77. The zero-order chi connectivity index (χ0) is 13.5. The molecular formula is C12H16F4O. The predicted octanol–water partition coefficient (Wildman–Crippen LogP) is 4.70. The first kappa shape index (κ1) is 15.7. The molecule has 0 heterocycles. The summed E-state index contributed by atoms with van der Waals surface area (Å²) in [6, 6.07) is 3.17. The summed E-state index contributed by atoms with van der Waals surface area (Å²) in [5, 5.41) is 0. The summed E-state index contributed by atoms with van der Waals surface area (Å²) in [4.78, 5) is 0. The molecule has 0 radical (unpaired) electrons. The third-order valence-electron chi connectivity index (χ3n) is 1.77. The topological polar surface area (TPSA) is 9.23 Å². The van der Waals surface area contributed by atoms with Crippen LogP contribution in [0.3, 0.4) is 0 Å². The van der Waals surface area contributed by atoms with E-state index >= 15 is 0 Å². The number of ether oxygens (including phenoxy) is 1. The minimum atomic E-state index is -4.78. The van der Waals surface area contributed by atoms with Crippen LogP contribution in [0, 0.1) is 5.82 Å². The maximum atomic E-state index is 12.7. The highest BCUT2D eigenvalue weighted by atomic mass is 19.4. The molecule has 0 aliphatic rings. The quantitative estimate of drug-likeness (QED) is 0.708. The molecule has 1 aromatic rings. The molecule has 0 aliphatic carbocycles. The van der Waals surface area contributed by atoms with Crippen molar-refractivity contribution in [3.63, 3.8) is 0 Å². The highest BCUT2D eigenvalue weighted by molar-refractivity contribution is 5.34. The van der Waals surface area contributed by atoms with Crippen LogP contribution in [0.2, 0.25) is 0 Å². The van der Waals surface area contributed by atoms with Crippen LogP contribution in [0.25, 0.3) is 0 Å². The second-order valence-electron chi connectivity index (χ2n) is 3.05. The van der Waals surface area contributed by atoms with Gasteiger partial charge in [0.2, 0.25) is 0 Å². The van der Waals surface area contributed by atoms with E-state index in [0.29, 0.717) is 18.4 Å². The molecule has 0 aliphatic heterocycles. The van der Waals surface area contributed by atoms with E-state index in [9.17, 15) is 17.6 Å². The van der Waals surface area contributed by atoms with Crippen LogP contribution in [-0.4, -0.2) is 6.36 Å². The minimum absolute atomic E-state index is 0.358. The van der Waals surface area contributed by atoms with Crippen LogP contribution in [0.4, 0.5) is 17.6 Å². The van der Waals surface area contributed by atoms with Gasteiger partial charge < -0.3 is 4.74 Å². The zero-order valence-electron chi connectivity index (χ0n) is 10.1. The van der Waals surface area contributed by atoms with Gasteiger partial charge in [0.05, 0.1) is 0 Å². The van der Waals surface area contributed by atoms with Crippen LogP contribution in [0.15, 0.2) is 18.2 Å². The Kier molecular flexibility index (Phi) is 6.61. The van der Waals surface area contributed by atoms with Crippen LogP contribution in [0.5, 0.6) is 5.75 Å². The highest BCUT2D eigenvalue weighted by Crippen LogP contribution is 2.27. The first-order chi connectivity index (χ1) is 7.92. The normalized spacial score (nSPS) is 10.5. The Balaban J connectivity index is 0.00000121. The fourth-order valence-corrected chi connectivity index (χ4v) is 1.22. The van der Waals surface area contributed by atoms with E-state index in [2.05, 4.69) is 4.74 Å². The average molecular weight is 252 g/mol. The maximum Gasteiger partial charge on any atom is 0.573 e. The lowest BCUT2D eigenvalue weighted by Gasteiger charge is -2.12. The molecule has 17 heavy (non-hydrogen) atoms. The van der Waals surface area contributed by atoms with E-state index in [1.54, 1.807) is 0 Å². The molecule has 0 saturated carbocycles. The van der Waals surface area contributed by atoms with Gasteiger partial charge in [-0.1, -0.05) is 33.3 Å². The summed E-state index contributed by atoms with van der Waals surface area (Å²) in [7, 11) is 0. The summed E-state index contributed by atoms with van der Waals surface area (Å²) in [6.07, 6.45) is -3.69. The number of rotatable bonds is 3. The Labute approximate surface area is 98.4 Å². The Morgan fingerprint density at radius 1 is 1.18 bits per heavy atom. The third kappa shape index (κ3) is 6.14. The van der Waals surface area contributed by atoms with Crippen molar-refractivity contribution in [1.82, 2.24) is 0 Å².